The van der Waals surface area contributed by atoms with Gasteiger partial charge in [-0.15, -0.1) is 11.3 Å². The molecule has 0 bridgehead atoms. The number of hydrogen-bond donors (Lipinski definition) is 3. The number of urea groups is 1. The van der Waals surface area contributed by atoms with E-state index in [1.54, 1.807) is 11.3 Å². The molecule has 1 rings (SSSR count). The lowest BCUT2D eigenvalue weighted by Crippen LogP contribution is -2.41. The molecule has 0 aliphatic rings. The van der Waals surface area contributed by atoms with Crippen LogP contribution in [0.1, 0.15) is 42.1 Å². The summed E-state index contributed by atoms with van der Waals surface area (Å²) in [5.41, 5.74) is 1.15. The average molecular weight is 311 g/mol. The van der Waals surface area contributed by atoms with Crippen molar-refractivity contribution >= 4 is 23.3 Å². The second-order valence-electron chi connectivity index (χ2n) is 5.44. The van der Waals surface area contributed by atoms with Crippen molar-refractivity contribution in [2.75, 3.05) is 13.1 Å². The second-order valence-corrected chi connectivity index (χ2v) is 6.90. The molecule has 0 radical (unpaired) electrons. The Labute approximate surface area is 130 Å². The van der Waals surface area contributed by atoms with E-state index in [-0.39, 0.29) is 23.9 Å². The molecule has 5 nitrogen and oxygen atoms in total. The highest BCUT2D eigenvalue weighted by atomic mass is 32.1. The zero-order chi connectivity index (χ0) is 16.0. The van der Waals surface area contributed by atoms with Crippen molar-refractivity contribution in [1.29, 1.82) is 0 Å². The average Bonchev–Trinajstić information content (AvgIpc) is 2.73. The van der Waals surface area contributed by atoms with Gasteiger partial charge in [0.2, 0.25) is 5.91 Å². The van der Waals surface area contributed by atoms with Crippen molar-refractivity contribution < 1.29 is 9.59 Å². The Bertz CT molecular complexity index is 497. The number of aryl methyl sites for hydroxylation is 2. The molecule has 1 heterocycles. The summed E-state index contributed by atoms with van der Waals surface area (Å²) in [6.07, 6.45) is 0. The predicted octanol–water partition coefficient (Wildman–Crippen LogP) is 2.50. The van der Waals surface area contributed by atoms with Crippen molar-refractivity contribution in [1.82, 2.24) is 16.0 Å². The number of carbonyl (C=O) groups excluding carboxylic acids is 2. The first kappa shape index (κ1) is 17.5. The van der Waals surface area contributed by atoms with Gasteiger partial charge in [0.05, 0.1) is 6.04 Å². The van der Waals surface area contributed by atoms with Gasteiger partial charge in [-0.1, -0.05) is 13.8 Å². The quantitative estimate of drug-likeness (QED) is 0.706. The van der Waals surface area contributed by atoms with Gasteiger partial charge in [0.1, 0.15) is 0 Å². The Balaban J connectivity index is 2.31. The molecule has 118 valence electrons. The van der Waals surface area contributed by atoms with Gasteiger partial charge in [-0.3, -0.25) is 4.79 Å². The molecule has 0 saturated carbocycles. The van der Waals surface area contributed by atoms with E-state index in [0.29, 0.717) is 13.1 Å². The van der Waals surface area contributed by atoms with Gasteiger partial charge in [0.15, 0.2) is 0 Å². The van der Waals surface area contributed by atoms with Gasteiger partial charge in [-0.2, -0.15) is 0 Å². The Morgan fingerprint density at radius 3 is 2.29 bits per heavy atom. The van der Waals surface area contributed by atoms with Gasteiger partial charge < -0.3 is 16.0 Å². The summed E-state index contributed by atoms with van der Waals surface area (Å²) in [6.45, 7) is 10.6. The van der Waals surface area contributed by atoms with Crippen LogP contribution in [-0.4, -0.2) is 25.0 Å². The van der Waals surface area contributed by atoms with Crippen LogP contribution in [0.4, 0.5) is 4.79 Å². The van der Waals surface area contributed by atoms with E-state index in [9.17, 15) is 9.59 Å². The van der Waals surface area contributed by atoms with Crippen LogP contribution in [-0.2, 0) is 4.79 Å². The smallest absolute Gasteiger partial charge is 0.315 e. The molecule has 3 N–H and O–H groups in total. The summed E-state index contributed by atoms with van der Waals surface area (Å²) in [5, 5.41) is 8.40. The third-order valence-corrected chi connectivity index (χ3v) is 4.11. The molecule has 0 fully saturated rings. The minimum Gasteiger partial charge on any atom is -0.354 e. The van der Waals surface area contributed by atoms with Crippen LogP contribution in [0.3, 0.4) is 0 Å². The zero-order valence-corrected chi connectivity index (χ0v) is 14.2. The Morgan fingerprint density at radius 2 is 1.76 bits per heavy atom. The molecule has 1 atom stereocenters. The number of carbonyl (C=O) groups is 2. The molecular formula is C15H25N3O2S. The van der Waals surface area contributed by atoms with E-state index in [0.717, 1.165) is 5.56 Å². The third-order valence-electron chi connectivity index (χ3n) is 3.13. The fraction of sp³-hybridized carbons (Fsp3) is 0.600. The van der Waals surface area contributed by atoms with Gasteiger partial charge in [0, 0.05) is 28.8 Å². The van der Waals surface area contributed by atoms with E-state index >= 15 is 0 Å². The highest BCUT2D eigenvalue weighted by Gasteiger charge is 2.13. The van der Waals surface area contributed by atoms with Gasteiger partial charge in [-0.25, -0.2) is 4.79 Å². The first-order chi connectivity index (χ1) is 9.81. The minimum atomic E-state index is -0.218. The molecule has 21 heavy (non-hydrogen) atoms. The summed E-state index contributed by atoms with van der Waals surface area (Å²) >= 11 is 1.73. The fourth-order valence-electron chi connectivity index (χ4n) is 1.97. The van der Waals surface area contributed by atoms with Gasteiger partial charge >= 0.3 is 6.03 Å². The molecule has 3 amide bonds. The van der Waals surface area contributed by atoms with Gasteiger partial charge in [-0.05, 0) is 32.4 Å². The molecule has 6 heteroatoms. The largest absolute Gasteiger partial charge is 0.354 e. The van der Waals surface area contributed by atoms with E-state index < -0.39 is 0 Å². The number of rotatable bonds is 6. The maximum absolute atomic E-state index is 11.8. The van der Waals surface area contributed by atoms with Crippen molar-refractivity contribution in [2.24, 2.45) is 5.92 Å². The van der Waals surface area contributed by atoms with Crippen molar-refractivity contribution in [3.63, 3.8) is 0 Å². The van der Waals surface area contributed by atoms with Crippen LogP contribution in [0.5, 0.6) is 0 Å². The van der Waals surface area contributed by atoms with Crippen LogP contribution in [0.25, 0.3) is 0 Å². The summed E-state index contributed by atoms with van der Waals surface area (Å²) in [5.74, 6) is -0.0430. The Kier molecular flexibility index (Phi) is 6.68. The number of thiophene rings is 1. The monoisotopic (exact) mass is 311 g/mol. The van der Waals surface area contributed by atoms with Crippen molar-refractivity contribution in [3.05, 3.63) is 21.4 Å². The molecule has 1 aromatic heterocycles. The molecule has 0 saturated heterocycles. The summed E-state index contributed by atoms with van der Waals surface area (Å²) in [6, 6.07) is 1.86. The van der Waals surface area contributed by atoms with Crippen LogP contribution < -0.4 is 16.0 Å². The molecule has 0 aromatic carbocycles. The number of hydrogen-bond acceptors (Lipinski definition) is 3. The normalized spacial score (nSPS) is 12.1. The lowest BCUT2D eigenvalue weighted by Gasteiger charge is -2.15. The van der Waals surface area contributed by atoms with Crippen LogP contribution in [0.15, 0.2) is 6.07 Å². The van der Waals surface area contributed by atoms with Crippen molar-refractivity contribution in [3.8, 4) is 0 Å². The highest BCUT2D eigenvalue weighted by Crippen LogP contribution is 2.25. The van der Waals surface area contributed by atoms with Crippen molar-refractivity contribution in [2.45, 2.75) is 40.7 Å². The van der Waals surface area contributed by atoms with Crippen LogP contribution >= 0.6 is 11.3 Å². The molecule has 0 spiro atoms. The van der Waals surface area contributed by atoms with Crippen LogP contribution in [0, 0.1) is 19.8 Å². The summed E-state index contributed by atoms with van der Waals surface area (Å²) < 4.78 is 0. The van der Waals surface area contributed by atoms with E-state index in [4.69, 9.17) is 0 Å². The second kappa shape index (κ2) is 8.02. The summed E-state index contributed by atoms with van der Waals surface area (Å²) in [4.78, 5) is 25.6. The van der Waals surface area contributed by atoms with E-state index in [1.165, 1.54) is 9.75 Å². The molecular weight excluding hydrogens is 286 g/mol. The fourth-order valence-corrected chi connectivity index (χ4v) is 2.99. The topological polar surface area (TPSA) is 70.2 Å². The third kappa shape index (κ3) is 5.75. The highest BCUT2D eigenvalue weighted by molar-refractivity contribution is 7.12. The van der Waals surface area contributed by atoms with Gasteiger partial charge in [0.25, 0.3) is 0 Å². The van der Waals surface area contributed by atoms with Crippen LogP contribution in [0.2, 0.25) is 0 Å². The molecule has 1 unspecified atom stereocenters. The summed E-state index contributed by atoms with van der Waals surface area (Å²) in [7, 11) is 0. The maximum Gasteiger partial charge on any atom is 0.315 e. The molecule has 0 aliphatic heterocycles. The Hall–Kier alpha value is -1.56. The lowest BCUT2D eigenvalue weighted by molar-refractivity contribution is -0.123. The lowest BCUT2D eigenvalue weighted by atomic mass is 10.1. The minimum absolute atomic E-state index is 0.00468. The standard InChI is InChI=1S/C15H25N3O2S/c1-9(2)14(19)16-6-7-17-15(20)18-11(4)13-8-10(3)21-12(13)5/h8-9,11H,6-7H2,1-5H3,(H,16,19)(H2,17,18,20). The first-order valence-corrected chi connectivity index (χ1v) is 8.02. The maximum atomic E-state index is 11.8. The number of nitrogens with one attached hydrogen (secondary N) is 3. The van der Waals surface area contributed by atoms with E-state index in [2.05, 4.69) is 35.9 Å². The predicted molar refractivity (Wildman–Crippen MR) is 86.6 cm³/mol. The molecule has 0 aliphatic carbocycles. The zero-order valence-electron chi connectivity index (χ0n) is 13.4. The molecule has 1 aromatic rings. The Morgan fingerprint density at radius 1 is 1.14 bits per heavy atom. The first-order valence-electron chi connectivity index (χ1n) is 7.20. The van der Waals surface area contributed by atoms with E-state index in [1.807, 2.05) is 20.8 Å². The SMILES string of the molecule is Cc1cc(C(C)NC(=O)NCCNC(=O)C(C)C)c(C)s1. The number of amides is 3.